The lowest BCUT2D eigenvalue weighted by molar-refractivity contribution is -0.119. The minimum Gasteiger partial charge on any atom is -0.442 e. The van der Waals surface area contributed by atoms with E-state index < -0.39 is 18.0 Å². The third-order valence-corrected chi connectivity index (χ3v) is 5.52. The van der Waals surface area contributed by atoms with Crippen molar-refractivity contribution in [3.63, 3.8) is 0 Å². The number of halogens is 1. The summed E-state index contributed by atoms with van der Waals surface area (Å²) in [6.45, 7) is 3.10. The van der Waals surface area contributed by atoms with Gasteiger partial charge in [-0.15, -0.1) is 5.10 Å². The molecular formula is C20H23FN6O4. The number of rotatable bonds is 6. The molecule has 0 aliphatic carbocycles. The van der Waals surface area contributed by atoms with E-state index in [1.54, 1.807) is 23.0 Å². The third kappa shape index (κ3) is 4.49. The van der Waals surface area contributed by atoms with Gasteiger partial charge in [0.05, 0.1) is 36.7 Å². The first-order valence-corrected chi connectivity index (χ1v) is 10.1. The van der Waals surface area contributed by atoms with E-state index in [0.29, 0.717) is 36.4 Å². The highest BCUT2D eigenvalue weighted by molar-refractivity contribution is 5.90. The number of aldehydes is 1. The molecule has 1 N–H and O–H groups in total. The highest BCUT2D eigenvalue weighted by Crippen LogP contribution is 2.31. The molecule has 1 aromatic carbocycles. The molecule has 3 heterocycles. The van der Waals surface area contributed by atoms with Gasteiger partial charge in [0, 0.05) is 20.0 Å². The normalized spacial score (nSPS) is 19.4. The zero-order valence-corrected chi connectivity index (χ0v) is 17.0. The molecule has 0 radical (unpaired) electrons. The molecule has 1 unspecified atom stereocenters. The van der Waals surface area contributed by atoms with Gasteiger partial charge in [-0.3, -0.25) is 14.5 Å². The number of aromatic nitrogens is 3. The number of cyclic esters (lactones) is 1. The van der Waals surface area contributed by atoms with Crippen LogP contribution >= 0.6 is 0 Å². The van der Waals surface area contributed by atoms with Crippen molar-refractivity contribution >= 4 is 29.7 Å². The fraction of sp³-hybridized carbons (Fsp3) is 0.450. The van der Waals surface area contributed by atoms with Crippen molar-refractivity contribution in [1.82, 2.24) is 20.3 Å². The predicted molar refractivity (Wildman–Crippen MR) is 109 cm³/mol. The van der Waals surface area contributed by atoms with Gasteiger partial charge in [-0.05, 0) is 31.0 Å². The summed E-state index contributed by atoms with van der Waals surface area (Å²) in [5.74, 6) is -0.625. The van der Waals surface area contributed by atoms with Crippen molar-refractivity contribution in [3.05, 3.63) is 35.9 Å². The molecule has 164 valence electrons. The van der Waals surface area contributed by atoms with Crippen LogP contribution in [0.4, 0.5) is 20.6 Å². The van der Waals surface area contributed by atoms with Gasteiger partial charge in [-0.2, -0.15) is 0 Å². The van der Waals surface area contributed by atoms with Gasteiger partial charge in [-0.1, -0.05) is 5.21 Å². The zero-order chi connectivity index (χ0) is 22.0. The van der Waals surface area contributed by atoms with Gasteiger partial charge >= 0.3 is 6.09 Å². The minimum atomic E-state index is -0.564. The summed E-state index contributed by atoms with van der Waals surface area (Å²) in [7, 11) is 0. The molecule has 1 atom stereocenters. The lowest BCUT2D eigenvalue weighted by Gasteiger charge is -2.33. The second kappa shape index (κ2) is 8.70. The van der Waals surface area contributed by atoms with Gasteiger partial charge in [-0.25, -0.2) is 13.9 Å². The van der Waals surface area contributed by atoms with Crippen molar-refractivity contribution in [3.8, 4) is 0 Å². The van der Waals surface area contributed by atoms with E-state index in [0.717, 1.165) is 12.8 Å². The Morgan fingerprint density at radius 1 is 1.35 bits per heavy atom. The molecule has 0 saturated carbocycles. The molecule has 2 aromatic rings. The summed E-state index contributed by atoms with van der Waals surface area (Å²) < 4.78 is 21.8. The van der Waals surface area contributed by atoms with Gasteiger partial charge in [0.25, 0.3) is 0 Å². The van der Waals surface area contributed by atoms with Crippen LogP contribution in [0.3, 0.4) is 0 Å². The number of amides is 2. The molecule has 4 rings (SSSR count). The van der Waals surface area contributed by atoms with E-state index >= 15 is 0 Å². The number of nitrogens with zero attached hydrogens (tertiary/aromatic N) is 5. The van der Waals surface area contributed by atoms with Crippen LogP contribution in [0.25, 0.3) is 0 Å². The molecule has 2 aliphatic rings. The first-order valence-electron chi connectivity index (χ1n) is 10.1. The number of hydrogen-bond donors (Lipinski definition) is 1. The topological polar surface area (TPSA) is 110 Å². The smallest absolute Gasteiger partial charge is 0.414 e. The fourth-order valence-electron chi connectivity index (χ4n) is 3.91. The van der Waals surface area contributed by atoms with E-state index in [2.05, 4.69) is 15.6 Å². The van der Waals surface area contributed by atoms with Gasteiger partial charge in [0.1, 0.15) is 17.6 Å². The number of piperidine rings is 1. The molecule has 31 heavy (non-hydrogen) atoms. The molecule has 10 nitrogen and oxygen atoms in total. The standard InChI is InChI=1S/C20H23FN6O4/c1-13(29)22-9-17-11-26(20(30)31-17)16-2-3-19(18(21)8-16)25-6-4-15(5-7-25)27-10-14(12-28)23-24-27/h2-3,8,10,12,15,17H,4-7,9,11H2,1H3,(H,22,29). The largest absolute Gasteiger partial charge is 0.442 e. The van der Waals surface area contributed by atoms with Gasteiger partial charge in [0.2, 0.25) is 5.91 Å². The van der Waals surface area contributed by atoms with Crippen LogP contribution in [0.2, 0.25) is 0 Å². The zero-order valence-electron chi connectivity index (χ0n) is 17.0. The summed E-state index contributed by atoms with van der Waals surface area (Å²) in [6, 6.07) is 4.80. The van der Waals surface area contributed by atoms with Crippen molar-refractivity contribution in [2.75, 3.05) is 36.0 Å². The number of nitrogens with one attached hydrogen (secondary N) is 1. The Labute approximate surface area is 177 Å². The highest BCUT2D eigenvalue weighted by atomic mass is 19.1. The van der Waals surface area contributed by atoms with Crippen molar-refractivity contribution in [1.29, 1.82) is 0 Å². The molecule has 11 heteroatoms. The van der Waals surface area contributed by atoms with Crippen LogP contribution in [0.15, 0.2) is 24.4 Å². The first kappa shape index (κ1) is 20.8. The maximum atomic E-state index is 14.9. The molecule has 1 aromatic heterocycles. The Morgan fingerprint density at radius 3 is 2.77 bits per heavy atom. The Kier molecular flexibility index (Phi) is 5.83. The number of benzene rings is 1. The number of anilines is 2. The Morgan fingerprint density at radius 2 is 2.13 bits per heavy atom. The molecule has 2 amide bonds. The van der Waals surface area contributed by atoms with E-state index in [1.807, 2.05) is 4.90 Å². The third-order valence-electron chi connectivity index (χ3n) is 5.52. The molecule has 2 saturated heterocycles. The lowest BCUT2D eigenvalue weighted by atomic mass is 10.0. The Hall–Kier alpha value is -3.50. The van der Waals surface area contributed by atoms with E-state index in [4.69, 9.17) is 4.74 Å². The molecule has 0 spiro atoms. The molecule has 2 fully saturated rings. The highest BCUT2D eigenvalue weighted by Gasteiger charge is 2.33. The molecule has 2 aliphatic heterocycles. The van der Waals surface area contributed by atoms with E-state index in [9.17, 15) is 18.8 Å². The van der Waals surface area contributed by atoms with Gasteiger partial charge in [0.15, 0.2) is 6.29 Å². The van der Waals surface area contributed by atoms with Crippen LogP contribution in [-0.4, -0.2) is 65.6 Å². The van der Waals surface area contributed by atoms with Crippen LogP contribution in [0.5, 0.6) is 0 Å². The number of hydrogen-bond acceptors (Lipinski definition) is 7. The Balaban J connectivity index is 1.38. The summed E-state index contributed by atoms with van der Waals surface area (Å²) in [6.07, 6.45) is 2.73. The average Bonchev–Trinajstić information content (AvgIpc) is 3.39. The number of carbonyl (C=O) groups excluding carboxylic acids is 3. The first-order chi connectivity index (χ1) is 14.9. The second-order valence-corrected chi connectivity index (χ2v) is 7.65. The van der Waals surface area contributed by atoms with Crippen LogP contribution in [-0.2, 0) is 9.53 Å². The van der Waals surface area contributed by atoms with Crippen LogP contribution in [0, 0.1) is 5.82 Å². The van der Waals surface area contributed by atoms with E-state index in [1.165, 1.54) is 17.9 Å². The molecule has 0 bridgehead atoms. The van der Waals surface area contributed by atoms with Crippen molar-refractivity contribution < 1.29 is 23.5 Å². The van der Waals surface area contributed by atoms with Crippen LogP contribution < -0.4 is 15.1 Å². The maximum absolute atomic E-state index is 14.9. The fourth-order valence-corrected chi connectivity index (χ4v) is 3.91. The quantitative estimate of drug-likeness (QED) is 0.692. The summed E-state index contributed by atoms with van der Waals surface area (Å²) >= 11 is 0. The summed E-state index contributed by atoms with van der Waals surface area (Å²) in [5, 5.41) is 10.4. The summed E-state index contributed by atoms with van der Waals surface area (Å²) in [4.78, 5) is 37.3. The second-order valence-electron chi connectivity index (χ2n) is 7.65. The maximum Gasteiger partial charge on any atom is 0.414 e. The molecular weight excluding hydrogens is 407 g/mol. The van der Waals surface area contributed by atoms with Gasteiger partial charge < -0.3 is 15.0 Å². The lowest BCUT2D eigenvalue weighted by Crippen LogP contribution is -2.35. The van der Waals surface area contributed by atoms with Crippen molar-refractivity contribution in [2.24, 2.45) is 0 Å². The van der Waals surface area contributed by atoms with E-state index in [-0.39, 0.29) is 25.0 Å². The minimum absolute atomic E-state index is 0.111. The SMILES string of the molecule is CC(=O)NCC1CN(c2ccc(N3CCC(n4cc(C=O)nn4)CC3)c(F)c2)C(=O)O1. The number of carbonyl (C=O) groups is 3. The van der Waals surface area contributed by atoms with Crippen LogP contribution in [0.1, 0.15) is 36.3 Å². The Bertz CT molecular complexity index is 988. The van der Waals surface area contributed by atoms with Crippen molar-refractivity contribution in [2.45, 2.75) is 31.9 Å². The summed E-state index contributed by atoms with van der Waals surface area (Å²) in [5.41, 5.74) is 1.18. The average molecular weight is 430 g/mol. The predicted octanol–water partition coefficient (Wildman–Crippen LogP) is 1.53. The monoisotopic (exact) mass is 430 g/mol. The number of ether oxygens (including phenoxy) is 1.